The minimum absolute atomic E-state index is 0.406. The molecule has 0 aliphatic heterocycles. The van der Waals surface area contributed by atoms with E-state index in [1.54, 1.807) is 0 Å². The van der Waals surface area contributed by atoms with Crippen LogP contribution in [0.25, 0.3) is 0 Å². The Kier molecular flexibility index (Phi) is 6.43. The molecule has 0 amide bonds. The van der Waals surface area contributed by atoms with Crippen LogP contribution in [0.15, 0.2) is 0 Å². The van der Waals surface area contributed by atoms with Gasteiger partial charge in [0, 0.05) is 19.1 Å². The highest BCUT2D eigenvalue weighted by molar-refractivity contribution is 4.78. The Morgan fingerprint density at radius 3 is 2.28 bits per heavy atom. The van der Waals surface area contributed by atoms with E-state index in [2.05, 4.69) is 17.1 Å². The summed E-state index contributed by atoms with van der Waals surface area (Å²) in [5.74, 6) is 0.859. The molecule has 1 aliphatic rings. The number of likely N-dealkylation sites (N-methyl/N-ethyl adjacent to an activating group) is 1. The maximum atomic E-state index is 11.9. The Morgan fingerprint density at radius 1 is 1.17 bits per heavy atom. The zero-order valence-electron chi connectivity index (χ0n) is 11.4. The largest absolute Gasteiger partial charge is 0.401 e. The lowest BCUT2D eigenvalue weighted by Crippen LogP contribution is -2.40. The number of hydrogen-bond donors (Lipinski definition) is 1. The second-order valence-corrected chi connectivity index (χ2v) is 5.36. The number of rotatable bonds is 6. The fourth-order valence-corrected chi connectivity index (χ4v) is 2.66. The summed E-state index contributed by atoms with van der Waals surface area (Å²) in [6.45, 7) is 2.44. The van der Waals surface area contributed by atoms with Crippen LogP contribution in [0, 0.1) is 5.92 Å². The second kappa shape index (κ2) is 7.34. The van der Waals surface area contributed by atoms with Gasteiger partial charge < -0.3 is 10.2 Å². The molecule has 1 N–H and O–H groups in total. The lowest BCUT2D eigenvalue weighted by molar-refractivity contribution is -0.124. The average molecular weight is 266 g/mol. The van der Waals surface area contributed by atoms with E-state index in [0.717, 1.165) is 5.92 Å². The topological polar surface area (TPSA) is 15.3 Å². The number of hydrogen-bond acceptors (Lipinski definition) is 2. The zero-order chi connectivity index (χ0) is 13.6. The molecule has 0 saturated heterocycles. The van der Waals surface area contributed by atoms with Gasteiger partial charge >= 0.3 is 6.18 Å². The molecule has 1 fully saturated rings. The summed E-state index contributed by atoms with van der Waals surface area (Å²) in [4.78, 5) is 2.20. The molecule has 0 aromatic heterocycles. The molecule has 0 bridgehead atoms. The van der Waals surface area contributed by atoms with Crippen LogP contribution in [0.2, 0.25) is 0 Å². The first-order valence-electron chi connectivity index (χ1n) is 6.90. The van der Waals surface area contributed by atoms with Gasteiger partial charge in [-0.1, -0.05) is 13.3 Å². The number of halogens is 3. The Hall–Kier alpha value is -0.290. The van der Waals surface area contributed by atoms with Gasteiger partial charge in [-0.3, -0.25) is 0 Å². The molecule has 0 unspecified atom stereocenters. The summed E-state index contributed by atoms with van der Waals surface area (Å²) < 4.78 is 35.8. The summed E-state index contributed by atoms with van der Waals surface area (Å²) in [5.41, 5.74) is 0. The van der Waals surface area contributed by atoms with Crippen molar-refractivity contribution in [3.8, 4) is 0 Å². The van der Waals surface area contributed by atoms with Crippen LogP contribution in [0.3, 0.4) is 0 Å². The lowest BCUT2D eigenvalue weighted by atomic mass is 9.84. The van der Waals surface area contributed by atoms with Gasteiger partial charge in [-0.15, -0.1) is 0 Å². The van der Waals surface area contributed by atoms with E-state index in [9.17, 15) is 13.2 Å². The molecule has 0 aromatic carbocycles. The van der Waals surface area contributed by atoms with Gasteiger partial charge in [-0.2, -0.15) is 13.2 Å². The molecular formula is C13H25F3N2. The van der Waals surface area contributed by atoms with Crippen LogP contribution in [-0.2, 0) is 0 Å². The van der Waals surface area contributed by atoms with Crippen LogP contribution in [-0.4, -0.2) is 43.8 Å². The molecule has 108 valence electrons. The summed E-state index contributed by atoms with van der Waals surface area (Å²) in [6.07, 6.45) is 2.06. The van der Waals surface area contributed by atoms with E-state index >= 15 is 0 Å². The van der Waals surface area contributed by atoms with Crippen LogP contribution in [0.1, 0.15) is 39.0 Å². The number of nitrogens with one attached hydrogen (secondary N) is 1. The van der Waals surface area contributed by atoms with Crippen molar-refractivity contribution in [2.45, 2.75) is 51.2 Å². The standard InChI is InChI=1S/C13H25F3N2/c1-3-11-4-6-12(7-5-11)18(2)9-8-17-10-13(14,15)16/h11-12,17H,3-10H2,1-2H3. The zero-order valence-corrected chi connectivity index (χ0v) is 11.4. The van der Waals surface area contributed by atoms with Crippen LogP contribution in [0.5, 0.6) is 0 Å². The van der Waals surface area contributed by atoms with Gasteiger partial charge in [0.05, 0.1) is 6.54 Å². The first-order valence-corrected chi connectivity index (χ1v) is 6.90. The van der Waals surface area contributed by atoms with Gasteiger partial charge in [0.15, 0.2) is 0 Å². The van der Waals surface area contributed by atoms with Gasteiger partial charge in [-0.25, -0.2) is 0 Å². The molecule has 18 heavy (non-hydrogen) atoms. The Balaban J connectivity index is 2.12. The van der Waals surface area contributed by atoms with E-state index in [0.29, 0.717) is 19.1 Å². The van der Waals surface area contributed by atoms with Crippen molar-refractivity contribution in [1.82, 2.24) is 10.2 Å². The minimum Gasteiger partial charge on any atom is -0.307 e. The molecule has 2 nitrogen and oxygen atoms in total. The van der Waals surface area contributed by atoms with Crippen molar-refractivity contribution >= 4 is 0 Å². The van der Waals surface area contributed by atoms with Crippen LogP contribution < -0.4 is 5.32 Å². The van der Waals surface area contributed by atoms with Crippen molar-refractivity contribution in [2.75, 3.05) is 26.7 Å². The molecule has 0 atom stereocenters. The molecule has 0 heterocycles. The van der Waals surface area contributed by atoms with Crippen molar-refractivity contribution < 1.29 is 13.2 Å². The molecular weight excluding hydrogens is 241 g/mol. The summed E-state index contributed by atoms with van der Waals surface area (Å²) in [5, 5.41) is 2.45. The maximum absolute atomic E-state index is 11.9. The predicted octanol–water partition coefficient (Wildman–Crippen LogP) is 3.04. The summed E-state index contributed by atoms with van der Waals surface area (Å²) in [7, 11) is 2.02. The summed E-state index contributed by atoms with van der Waals surface area (Å²) in [6, 6.07) is 0.556. The van der Waals surface area contributed by atoms with Gasteiger partial charge in [0.2, 0.25) is 0 Å². The Bertz CT molecular complexity index is 223. The predicted molar refractivity (Wildman–Crippen MR) is 67.6 cm³/mol. The fourth-order valence-electron chi connectivity index (χ4n) is 2.66. The first-order chi connectivity index (χ1) is 8.42. The third kappa shape index (κ3) is 6.05. The Labute approximate surface area is 108 Å². The fraction of sp³-hybridized carbons (Fsp3) is 1.00. The van der Waals surface area contributed by atoms with Crippen molar-refractivity contribution in [3.05, 3.63) is 0 Å². The molecule has 0 aromatic rings. The molecule has 1 aliphatic carbocycles. The highest BCUT2D eigenvalue weighted by Gasteiger charge is 2.26. The van der Waals surface area contributed by atoms with E-state index in [1.807, 2.05) is 7.05 Å². The van der Waals surface area contributed by atoms with E-state index < -0.39 is 12.7 Å². The van der Waals surface area contributed by atoms with Crippen molar-refractivity contribution in [1.29, 1.82) is 0 Å². The van der Waals surface area contributed by atoms with Crippen molar-refractivity contribution in [2.24, 2.45) is 5.92 Å². The summed E-state index contributed by atoms with van der Waals surface area (Å²) >= 11 is 0. The van der Waals surface area contributed by atoms with E-state index in [1.165, 1.54) is 32.1 Å². The van der Waals surface area contributed by atoms with Crippen LogP contribution >= 0.6 is 0 Å². The number of alkyl halides is 3. The van der Waals surface area contributed by atoms with Crippen LogP contribution in [0.4, 0.5) is 13.2 Å². The molecule has 1 saturated carbocycles. The second-order valence-electron chi connectivity index (χ2n) is 5.36. The van der Waals surface area contributed by atoms with Gasteiger partial charge in [0.1, 0.15) is 0 Å². The highest BCUT2D eigenvalue weighted by Crippen LogP contribution is 2.28. The third-order valence-corrected chi connectivity index (χ3v) is 3.98. The van der Waals surface area contributed by atoms with Gasteiger partial charge in [0.25, 0.3) is 0 Å². The molecule has 0 radical (unpaired) electrons. The maximum Gasteiger partial charge on any atom is 0.401 e. The smallest absolute Gasteiger partial charge is 0.307 e. The molecule has 5 heteroatoms. The monoisotopic (exact) mass is 266 g/mol. The Morgan fingerprint density at radius 2 is 1.78 bits per heavy atom. The lowest BCUT2D eigenvalue weighted by Gasteiger charge is -2.34. The average Bonchev–Trinajstić information content (AvgIpc) is 2.33. The van der Waals surface area contributed by atoms with Crippen molar-refractivity contribution in [3.63, 3.8) is 0 Å². The normalized spacial score (nSPS) is 25.7. The first kappa shape index (κ1) is 15.8. The molecule has 0 spiro atoms. The third-order valence-electron chi connectivity index (χ3n) is 3.98. The van der Waals surface area contributed by atoms with E-state index in [-0.39, 0.29) is 0 Å². The van der Waals surface area contributed by atoms with Gasteiger partial charge in [-0.05, 0) is 38.6 Å². The minimum atomic E-state index is -4.10. The highest BCUT2D eigenvalue weighted by atomic mass is 19.4. The SMILES string of the molecule is CCC1CCC(N(C)CCNCC(F)(F)F)CC1. The number of nitrogens with zero attached hydrogens (tertiary/aromatic N) is 1. The van der Waals surface area contributed by atoms with E-state index in [4.69, 9.17) is 0 Å². The quantitative estimate of drug-likeness (QED) is 0.743. The molecule has 1 rings (SSSR count).